The van der Waals surface area contributed by atoms with Crippen molar-refractivity contribution >= 4 is 0 Å². The average molecular weight is 272 g/mol. The molecule has 0 amide bonds. The molecule has 19 heavy (non-hydrogen) atoms. The quantitative estimate of drug-likeness (QED) is 0.933. The van der Waals surface area contributed by atoms with Crippen molar-refractivity contribution in [2.24, 2.45) is 0 Å². The van der Waals surface area contributed by atoms with E-state index in [1.807, 2.05) is 0 Å². The van der Waals surface area contributed by atoms with Crippen LogP contribution in [-0.4, -0.2) is 22.0 Å². The fourth-order valence-corrected chi connectivity index (χ4v) is 1.72. The normalized spacial score (nSPS) is 11.6. The lowest BCUT2D eigenvalue weighted by molar-refractivity contribution is -0.143. The van der Waals surface area contributed by atoms with Gasteiger partial charge in [0.2, 0.25) is 0 Å². The number of aromatic nitrogens is 2. The molecule has 102 valence electrons. The summed E-state index contributed by atoms with van der Waals surface area (Å²) < 4.78 is 44.6. The number of alkyl halides is 3. The predicted octanol–water partition coefficient (Wildman–Crippen LogP) is 2.39. The molecule has 1 aromatic carbocycles. The van der Waals surface area contributed by atoms with Crippen molar-refractivity contribution in [1.82, 2.24) is 9.78 Å². The molecule has 1 N–H and O–H groups in total. The minimum atomic E-state index is -4.59. The maximum Gasteiger partial charge on any atom is 0.433 e. The number of benzene rings is 1. The van der Waals surface area contributed by atoms with Crippen LogP contribution < -0.4 is 4.74 Å². The van der Waals surface area contributed by atoms with Crippen molar-refractivity contribution in [2.75, 3.05) is 7.11 Å². The van der Waals surface area contributed by atoms with Gasteiger partial charge in [0.1, 0.15) is 5.75 Å². The standard InChI is InChI=1S/C12H11F3N2O2/c1-19-10-4-2-9(3-5-10)17-11(12(13,14)15)8(7-18)6-16-17/h2-6,18H,7H2,1H3. The largest absolute Gasteiger partial charge is 0.497 e. The monoisotopic (exact) mass is 272 g/mol. The van der Waals surface area contributed by atoms with Crippen LogP contribution in [0.2, 0.25) is 0 Å². The molecule has 0 unspecified atom stereocenters. The summed E-state index contributed by atoms with van der Waals surface area (Å²) in [6.45, 7) is -0.717. The Kier molecular flexibility index (Phi) is 3.48. The van der Waals surface area contributed by atoms with Crippen molar-refractivity contribution in [3.05, 3.63) is 41.7 Å². The Hall–Kier alpha value is -2.02. The predicted molar refractivity (Wildman–Crippen MR) is 61.0 cm³/mol. The Labute approximate surface area is 107 Å². The van der Waals surface area contributed by atoms with Crippen molar-refractivity contribution in [1.29, 1.82) is 0 Å². The molecule has 0 spiro atoms. The van der Waals surface area contributed by atoms with Gasteiger partial charge in [-0.2, -0.15) is 18.3 Å². The molecule has 0 radical (unpaired) electrons. The molecule has 1 heterocycles. The zero-order valence-electron chi connectivity index (χ0n) is 9.98. The second-order valence-electron chi connectivity index (χ2n) is 3.78. The van der Waals surface area contributed by atoms with Gasteiger partial charge in [-0.25, -0.2) is 4.68 Å². The van der Waals surface area contributed by atoms with Crippen LogP contribution >= 0.6 is 0 Å². The minimum absolute atomic E-state index is 0.243. The number of methoxy groups -OCH3 is 1. The zero-order valence-corrected chi connectivity index (χ0v) is 9.98. The number of hydrogen-bond donors (Lipinski definition) is 1. The molecule has 2 rings (SSSR count). The van der Waals surface area contributed by atoms with Gasteiger partial charge in [0.05, 0.1) is 25.6 Å². The maximum atomic E-state index is 13.0. The van der Waals surface area contributed by atoms with Crippen LogP contribution in [0.1, 0.15) is 11.3 Å². The van der Waals surface area contributed by atoms with E-state index in [9.17, 15) is 13.2 Å². The molecule has 0 aliphatic heterocycles. The highest BCUT2D eigenvalue weighted by molar-refractivity contribution is 5.40. The fraction of sp³-hybridized carbons (Fsp3) is 0.250. The first-order valence-electron chi connectivity index (χ1n) is 5.36. The van der Waals surface area contributed by atoms with Gasteiger partial charge in [-0.05, 0) is 24.3 Å². The van der Waals surface area contributed by atoms with Crippen LogP contribution in [0.15, 0.2) is 30.5 Å². The number of ether oxygens (including phenoxy) is 1. The SMILES string of the molecule is COc1ccc(-n2ncc(CO)c2C(F)(F)F)cc1. The van der Waals surface area contributed by atoms with Crippen LogP contribution in [0, 0.1) is 0 Å². The van der Waals surface area contributed by atoms with E-state index < -0.39 is 18.5 Å². The summed E-state index contributed by atoms with van der Waals surface area (Å²) in [5, 5.41) is 12.6. The molecular weight excluding hydrogens is 261 g/mol. The Morgan fingerprint density at radius 1 is 1.26 bits per heavy atom. The number of aliphatic hydroxyl groups excluding tert-OH is 1. The van der Waals surface area contributed by atoms with Crippen LogP contribution in [-0.2, 0) is 12.8 Å². The van der Waals surface area contributed by atoms with Gasteiger partial charge in [-0.1, -0.05) is 0 Å². The highest BCUT2D eigenvalue weighted by atomic mass is 19.4. The summed E-state index contributed by atoms with van der Waals surface area (Å²) >= 11 is 0. The maximum absolute atomic E-state index is 13.0. The Balaban J connectivity index is 2.52. The molecule has 0 bridgehead atoms. The molecular formula is C12H11F3N2O2. The lowest BCUT2D eigenvalue weighted by Crippen LogP contribution is -2.15. The van der Waals surface area contributed by atoms with Gasteiger partial charge in [-0.15, -0.1) is 0 Å². The summed E-state index contributed by atoms with van der Waals surface area (Å²) in [5.41, 5.74) is -0.990. The van der Waals surface area contributed by atoms with Gasteiger partial charge in [0.25, 0.3) is 0 Å². The third-order valence-corrected chi connectivity index (χ3v) is 2.60. The number of nitrogens with zero attached hydrogens (tertiary/aromatic N) is 2. The summed E-state index contributed by atoms with van der Waals surface area (Å²) in [6, 6.07) is 6.00. The van der Waals surface area contributed by atoms with Gasteiger partial charge in [0.15, 0.2) is 5.69 Å². The molecule has 7 heteroatoms. The summed E-state index contributed by atoms with van der Waals surface area (Å²) in [4.78, 5) is 0. The van der Waals surface area contributed by atoms with Crippen molar-refractivity contribution < 1.29 is 23.0 Å². The second-order valence-corrected chi connectivity index (χ2v) is 3.78. The molecule has 0 atom stereocenters. The lowest BCUT2D eigenvalue weighted by Gasteiger charge is -2.12. The lowest BCUT2D eigenvalue weighted by atomic mass is 10.2. The summed E-state index contributed by atoms with van der Waals surface area (Å²) in [7, 11) is 1.47. The van der Waals surface area contributed by atoms with E-state index >= 15 is 0 Å². The van der Waals surface area contributed by atoms with Gasteiger partial charge < -0.3 is 9.84 Å². The van der Waals surface area contributed by atoms with Crippen LogP contribution in [0.3, 0.4) is 0 Å². The molecule has 0 saturated heterocycles. The highest BCUT2D eigenvalue weighted by Gasteiger charge is 2.38. The highest BCUT2D eigenvalue weighted by Crippen LogP contribution is 2.33. The Morgan fingerprint density at radius 3 is 2.37 bits per heavy atom. The third-order valence-electron chi connectivity index (χ3n) is 2.60. The number of rotatable bonds is 3. The zero-order chi connectivity index (χ0) is 14.0. The van der Waals surface area contributed by atoms with E-state index in [0.717, 1.165) is 10.9 Å². The second kappa shape index (κ2) is 4.93. The average Bonchev–Trinajstić information content (AvgIpc) is 2.82. The summed E-state index contributed by atoms with van der Waals surface area (Å²) in [6.07, 6.45) is -3.58. The van der Waals surface area contributed by atoms with Crippen molar-refractivity contribution in [2.45, 2.75) is 12.8 Å². The van der Waals surface area contributed by atoms with E-state index in [0.29, 0.717) is 5.75 Å². The Morgan fingerprint density at radius 2 is 1.89 bits per heavy atom. The van der Waals surface area contributed by atoms with Crippen molar-refractivity contribution in [3.8, 4) is 11.4 Å². The van der Waals surface area contributed by atoms with Gasteiger partial charge in [-0.3, -0.25) is 0 Å². The molecule has 1 aromatic heterocycles. The van der Waals surface area contributed by atoms with E-state index in [-0.39, 0.29) is 11.3 Å². The molecule has 0 aliphatic rings. The van der Waals surface area contributed by atoms with Gasteiger partial charge >= 0.3 is 6.18 Å². The first-order valence-corrected chi connectivity index (χ1v) is 5.36. The Bertz CT molecular complexity index is 561. The fourth-order valence-electron chi connectivity index (χ4n) is 1.72. The number of aliphatic hydroxyl groups is 1. The summed E-state index contributed by atoms with van der Waals surface area (Å²) in [5.74, 6) is 0.534. The molecule has 2 aromatic rings. The number of hydrogen-bond acceptors (Lipinski definition) is 3. The smallest absolute Gasteiger partial charge is 0.433 e. The number of halogens is 3. The molecule has 0 fully saturated rings. The molecule has 0 saturated carbocycles. The van der Waals surface area contributed by atoms with Crippen LogP contribution in [0.25, 0.3) is 5.69 Å². The van der Waals surface area contributed by atoms with E-state index in [2.05, 4.69) is 5.10 Å². The molecule has 0 aliphatic carbocycles. The van der Waals surface area contributed by atoms with Crippen LogP contribution in [0.5, 0.6) is 5.75 Å². The van der Waals surface area contributed by atoms with Gasteiger partial charge in [0, 0.05) is 5.56 Å². The van der Waals surface area contributed by atoms with Crippen LogP contribution in [0.4, 0.5) is 13.2 Å². The van der Waals surface area contributed by atoms with E-state index in [4.69, 9.17) is 9.84 Å². The van der Waals surface area contributed by atoms with E-state index in [1.165, 1.54) is 31.4 Å². The van der Waals surface area contributed by atoms with E-state index in [1.54, 1.807) is 0 Å². The van der Waals surface area contributed by atoms with Crippen molar-refractivity contribution in [3.63, 3.8) is 0 Å². The molecule has 4 nitrogen and oxygen atoms in total. The minimum Gasteiger partial charge on any atom is -0.497 e. The third kappa shape index (κ3) is 2.55. The first kappa shape index (κ1) is 13.4. The first-order chi connectivity index (χ1) is 8.97. The topological polar surface area (TPSA) is 47.3 Å².